The second-order valence-corrected chi connectivity index (χ2v) is 12.6. The number of H-pyrrole nitrogens is 2. The zero-order valence-electron chi connectivity index (χ0n) is 28.2. The van der Waals surface area contributed by atoms with E-state index in [9.17, 15) is 9.90 Å². The number of carbonyl (C=O) groups is 1. The lowest BCUT2D eigenvalue weighted by molar-refractivity contribution is 0.0697. The third-order valence-corrected chi connectivity index (χ3v) is 9.10. The second kappa shape index (κ2) is 14.4. The highest BCUT2D eigenvalue weighted by Crippen LogP contribution is 2.33. The number of likely N-dealkylation sites (N-methyl/N-ethyl adjacent to an activating group) is 1. The first-order valence-corrected chi connectivity index (χ1v) is 16.8. The lowest BCUT2D eigenvalue weighted by Gasteiger charge is -2.34. The Hall–Kier alpha value is -5.75. The minimum Gasteiger partial charge on any atom is -0.494 e. The molecule has 3 heterocycles. The second-order valence-electron chi connectivity index (χ2n) is 12.6. The lowest BCUT2D eigenvalue weighted by Crippen LogP contribution is -2.44. The number of carboxylic acid groups (broad SMARTS) is 1. The van der Waals surface area contributed by atoms with Crippen molar-refractivity contribution in [3.05, 3.63) is 78.4 Å². The first-order chi connectivity index (χ1) is 24.3. The summed E-state index contributed by atoms with van der Waals surface area (Å²) in [6, 6.07) is 23.4. The first kappa shape index (κ1) is 32.8. The highest BCUT2D eigenvalue weighted by molar-refractivity contribution is 5.94. The molecule has 0 spiro atoms. The predicted molar refractivity (Wildman–Crippen MR) is 196 cm³/mol. The summed E-state index contributed by atoms with van der Waals surface area (Å²) in [6.07, 6.45) is 2.56. The number of fused-ring (bicyclic) bond motifs is 2. The number of hydrogen-bond acceptors (Lipinski definition) is 9. The molecular formula is C38H41N7O5. The average Bonchev–Trinajstić information content (AvgIpc) is 3.76. The molecule has 0 saturated carbocycles. The number of anilines is 2. The van der Waals surface area contributed by atoms with E-state index in [1.165, 1.54) is 24.9 Å². The van der Waals surface area contributed by atoms with E-state index in [0.717, 1.165) is 96.0 Å². The molecule has 0 unspecified atom stereocenters. The van der Waals surface area contributed by atoms with E-state index >= 15 is 0 Å². The van der Waals surface area contributed by atoms with E-state index in [0.29, 0.717) is 24.7 Å². The SMILES string of the molecule is COc1cc(C(=O)O)c(N)cc1OCCCCCOc1ccc(-c2nc3ccc(-c4nc5ccc(N6CCN(C)CC6)cc5[nH]4)cc3[nH]2)cc1. The molecule has 5 N–H and O–H groups in total. The number of hydrogen-bond donors (Lipinski definition) is 4. The van der Waals surface area contributed by atoms with Gasteiger partial charge in [0.2, 0.25) is 0 Å². The van der Waals surface area contributed by atoms with Crippen LogP contribution >= 0.6 is 0 Å². The fraction of sp³-hybridized carbons (Fsp3) is 0.289. The van der Waals surface area contributed by atoms with Crippen LogP contribution in [0.25, 0.3) is 44.8 Å². The van der Waals surface area contributed by atoms with Crippen molar-refractivity contribution in [2.24, 2.45) is 0 Å². The summed E-state index contributed by atoms with van der Waals surface area (Å²) in [5, 5.41) is 9.25. The van der Waals surface area contributed by atoms with Crippen molar-refractivity contribution in [3.8, 4) is 40.0 Å². The summed E-state index contributed by atoms with van der Waals surface area (Å²) in [5.41, 5.74) is 13.0. The van der Waals surface area contributed by atoms with E-state index in [1.54, 1.807) is 0 Å². The molecule has 1 fully saturated rings. The summed E-state index contributed by atoms with van der Waals surface area (Å²) in [5.74, 6) is 2.08. The molecule has 7 rings (SSSR count). The molecular weight excluding hydrogens is 634 g/mol. The molecule has 1 aliphatic heterocycles. The van der Waals surface area contributed by atoms with Crippen molar-refractivity contribution in [2.45, 2.75) is 19.3 Å². The zero-order chi connectivity index (χ0) is 34.6. The van der Waals surface area contributed by atoms with Crippen LogP contribution in [0.5, 0.6) is 17.2 Å². The molecule has 0 radical (unpaired) electrons. The van der Waals surface area contributed by atoms with Crippen LogP contribution in [0.4, 0.5) is 11.4 Å². The van der Waals surface area contributed by atoms with Gasteiger partial charge in [0.25, 0.3) is 0 Å². The van der Waals surface area contributed by atoms with Gasteiger partial charge in [-0.15, -0.1) is 0 Å². The highest BCUT2D eigenvalue weighted by atomic mass is 16.5. The Bertz CT molecular complexity index is 2120. The topological polar surface area (TPSA) is 155 Å². The maximum absolute atomic E-state index is 11.3. The number of nitrogens with two attached hydrogens (primary N) is 1. The number of aromatic amines is 2. The zero-order valence-corrected chi connectivity index (χ0v) is 28.2. The summed E-state index contributed by atoms with van der Waals surface area (Å²) in [7, 11) is 3.64. The van der Waals surface area contributed by atoms with Gasteiger partial charge < -0.3 is 44.8 Å². The van der Waals surface area contributed by atoms with Gasteiger partial charge in [-0.3, -0.25) is 0 Å². The van der Waals surface area contributed by atoms with Crippen LogP contribution < -0.4 is 24.8 Å². The number of nitrogens with zero attached hydrogens (tertiary/aromatic N) is 4. The number of rotatable bonds is 13. The molecule has 0 bridgehead atoms. The van der Waals surface area contributed by atoms with Crippen LogP contribution in [0, 0.1) is 0 Å². The molecule has 258 valence electrons. The van der Waals surface area contributed by atoms with Crippen LogP contribution in [-0.2, 0) is 0 Å². The number of carboxylic acids is 1. The molecule has 12 nitrogen and oxygen atoms in total. The van der Waals surface area contributed by atoms with Crippen molar-refractivity contribution < 1.29 is 24.1 Å². The maximum atomic E-state index is 11.3. The maximum Gasteiger partial charge on any atom is 0.337 e. The number of methoxy groups -OCH3 is 1. The Morgan fingerprint density at radius 2 is 1.42 bits per heavy atom. The third kappa shape index (κ3) is 7.15. The molecule has 50 heavy (non-hydrogen) atoms. The Kier molecular flexibility index (Phi) is 9.43. The van der Waals surface area contributed by atoms with Crippen LogP contribution in [0.2, 0.25) is 0 Å². The van der Waals surface area contributed by atoms with Gasteiger partial charge in [-0.2, -0.15) is 0 Å². The smallest absolute Gasteiger partial charge is 0.337 e. The van der Waals surface area contributed by atoms with E-state index < -0.39 is 5.97 Å². The lowest BCUT2D eigenvalue weighted by atomic mass is 10.1. The molecule has 4 aromatic carbocycles. The molecule has 6 aromatic rings. The molecule has 0 amide bonds. The standard InChI is InChI=1S/C38H41N7O5/c1-44-14-16-45(17-15-44)26-9-13-31-33(21-26)43-37(41-31)25-8-12-30-32(20-25)42-36(40-30)24-6-10-27(11-7-24)49-18-4-3-5-19-50-35-23-29(39)28(38(46)47)22-34(35)48-2/h6-13,20-23H,3-5,14-19,39H2,1-2H3,(H,40,42)(H,41,43)(H,46,47). The monoisotopic (exact) mass is 675 g/mol. The number of nitrogens with one attached hydrogen (secondary N) is 2. The first-order valence-electron chi connectivity index (χ1n) is 16.8. The Labute approximate surface area is 289 Å². The van der Waals surface area contributed by atoms with Gasteiger partial charge in [0.15, 0.2) is 11.5 Å². The van der Waals surface area contributed by atoms with Gasteiger partial charge in [-0.05, 0) is 87.0 Å². The third-order valence-electron chi connectivity index (χ3n) is 9.10. The number of nitrogen functional groups attached to an aromatic ring is 1. The molecule has 1 aliphatic rings. The summed E-state index contributed by atoms with van der Waals surface area (Å²) in [4.78, 5) is 32.8. The number of aromatic nitrogens is 4. The molecule has 0 atom stereocenters. The van der Waals surface area contributed by atoms with Crippen molar-refractivity contribution in [1.29, 1.82) is 0 Å². The summed E-state index contributed by atoms with van der Waals surface area (Å²) < 4.78 is 17.0. The van der Waals surface area contributed by atoms with Crippen LogP contribution in [0.1, 0.15) is 29.6 Å². The quantitative estimate of drug-likeness (QED) is 0.0794. The number of unbranched alkanes of at least 4 members (excludes halogenated alkanes) is 2. The normalized spacial score (nSPS) is 13.6. The van der Waals surface area contributed by atoms with Crippen molar-refractivity contribution >= 4 is 39.4 Å². The molecule has 0 aliphatic carbocycles. The Morgan fingerprint density at radius 3 is 2.12 bits per heavy atom. The molecule has 12 heteroatoms. The van der Waals surface area contributed by atoms with Crippen LogP contribution in [0.3, 0.4) is 0 Å². The Morgan fingerprint density at radius 1 is 0.780 bits per heavy atom. The predicted octanol–water partition coefficient (Wildman–Crippen LogP) is 6.44. The van der Waals surface area contributed by atoms with Crippen LogP contribution in [-0.4, -0.2) is 89.5 Å². The average molecular weight is 676 g/mol. The Balaban J connectivity index is 0.910. The molecule has 1 saturated heterocycles. The van der Waals surface area contributed by atoms with E-state index in [4.69, 9.17) is 29.9 Å². The van der Waals surface area contributed by atoms with Gasteiger partial charge in [0.1, 0.15) is 17.4 Å². The van der Waals surface area contributed by atoms with Crippen molar-refractivity contribution in [1.82, 2.24) is 24.8 Å². The van der Waals surface area contributed by atoms with Crippen molar-refractivity contribution in [3.63, 3.8) is 0 Å². The minimum atomic E-state index is -1.11. The summed E-state index contributed by atoms with van der Waals surface area (Å²) in [6.45, 7) is 5.22. The van der Waals surface area contributed by atoms with E-state index in [2.05, 4.69) is 57.1 Å². The number of benzene rings is 4. The highest BCUT2D eigenvalue weighted by Gasteiger charge is 2.17. The molecule has 2 aromatic heterocycles. The fourth-order valence-electron chi connectivity index (χ4n) is 6.18. The van der Waals surface area contributed by atoms with Gasteiger partial charge in [0, 0.05) is 55.1 Å². The van der Waals surface area contributed by atoms with E-state index in [1.807, 2.05) is 30.3 Å². The van der Waals surface area contributed by atoms with Crippen LogP contribution in [0.15, 0.2) is 72.8 Å². The number of aromatic carboxylic acids is 1. The van der Waals surface area contributed by atoms with Crippen molar-refractivity contribution in [2.75, 3.05) is 64.2 Å². The van der Waals surface area contributed by atoms with Gasteiger partial charge in [-0.1, -0.05) is 0 Å². The largest absolute Gasteiger partial charge is 0.494 e. The minimum absolute atomic E-state index is 0.0131. The van der Waals surface area contributed by atoms with Gasteiger partial charge >= 0.3 is 5.97 Å². The number of piperazine rings is 1. The van der Waals surface area contributed by atoms with E-state index in [-0.39, 0.29) is 11.3 Å². The number of imidazole rings is 2. The number of ether oxygens (including phenoxy) is 3. The van der Waals surface area contributed by atoms with Gasteiger partial charge in [0.05, 0.1) is 53.6 Å². The van der Waals surface area contributed by atoms with Gasteiger partial charge in [-0.25, -0.2) is 14.8 Å². The summed E-state index contributed by atoms with van der Waals surface area (Å²) >= 11 is 0. The fourth-order valence-corrected chi connectivity index (χ4v) is 6.18.